The molecule has 0 amide bonds. The fourth-order valence-corrected chi connectivity index (χ4v) is 5.71. The number of rotatable bonds is 5. The zero-order valence-corrected chi connectivity index (χ0v) is 14.3. The molecule has 0 bridgehead atoms. The van der Waals surface area contributed by atoms with Gasteiger partial charge in [0.2, 0.25) is 0 Å². The highest BCUT2D eigenvalue weighted by Gasteiger charge is 2.30. The van der Waals surface area contributed by atoms with Crippen molar-refractivity contribution in [2.45, 2.75) is 43.7 Å². The fraction of sp³-hybridized carbons (Fsp3) is 0.625. The average Bonchev–Trinajstić information content (AvgIpc) is 2.41. The van der Waals surface area contributed by atoms with E-state index in [1.807, 2.05) is 0 Å². The predicted molar refractivity (Wildman–Crippen MR) is 93.2 cm³/mol. The molecule has 0 aliphatic carbocycles. The summed E-state index contributed by atoms with van der Waals surface area (Å²) in [6.07, 6.45) is 1.13. The molecule has 0 aromatic heterocycles. The van der Waals surface area contributed by atoms with Crippen LogP contribution in [0, 0.1) is 5.92 Å². The molecule has 1 aliphatic heterocycles. The number of hydrazine groups is 1. The molecular formula is C16H26N2S2. The van der Waals surface area contributed by atoms with Gasteiger partial charge in [-0.3, -0.25) is 11.3 Å². The SMILES string of the molecule is CC(C)Cc1cccc(C(NN)C2SCCSC2C)c1. The van der Waals surface area contributed by atoms with Crippen molar-refractivity contribution in [3.05, 3.63) is 35.4 Å². The molecule has 0 saturated carbocycles. The van der Waals surface area contributed by atoms with E-state index in [9.17, 15) is 0 Å². The van der Waals surface area contributed by atoms with Gasteiger partial charge in [0.05, 0.1) is 6.04 Å². The molecule has 1 aromatic carbocycles. The van der Waals surface area contributed by atoms with Gasteiger partial charge in [-0.1, -0.05) is 45.0 Å². The number of hydrogen-bond donors (Lipinski definition) is 2. The number of thioether (sulfide) groups is 2. The molecule has 1 aliphatic rings. The van der Waals surface area contributed by atoms with E-state index in [1.54, 1.807) is 0 Å². The molecule has 0 radical (unpaired) electrons. The normalized spacial score (nSPS) is 24.9. The van der Waals surface area contributed by atoms with Crippen LogP contribution in [-0.4, -0.2) is 22.0 Å². The molecule has 1 heterocycles. The minimum absolute atomic E-state index is 0.245. The van der Waals surface area contributed by atoms with Gasteiger partial charge in [0.1, 0.15) is 0 Å². The van der Waals surface area contributed by atoms with E-state index in [0.29, 0.717) is 16.4 Å². The Morgan fingerprint density at radius 1 is 1.30 bits per heavy atom. The Morgan fingerprint density at radius 3 is 2.70 bits per heavy atom. The zero-order chi connectivity index (χ0) is 14.5. The molecule has 3 atom stereocenters. The minimum Gasteiger partial charge on any atom is -0.271 e. The van der Waals surface area contributed by atoms with Crippen LogP contribution in [0.5, 0.6) is 0 Å². The van der Waals surface area contributed by atoms with Gasteiger partial charge in [-0.15, -0.1) is 0 Å². The number of hydrogen-bond acceptors (Lipinski definition) is 4. The molecule has 2 rings (SSSR count). The Balaban J connectivity index is 2.18. The molecule has 1 fully saturated rings. The summed E-state index contributed by atoms with van der Waals surface area (Å²) in [5.41, 5.74) is 5.81. The van der Waals surface area contributed by atoms with Gasteiger partial charge in [0, 0.05) is 22.0 Å². The Morgan fingerprint density at radius 2 is 2.05 bits per heavy atom. The van der Waals surface area contributed by atoms with E-state index in [2.05, 4.69) is 74.0 Å². The van der Waals surface area contributed by atoms with Crippen LogP contribution in [-0.2, 0) is 6.42 Å². The van der Waals surface area contributed by atoms with Crippen molar-refractivity contribution >= 4 is 23.5 Å². The molecular weight excluding hydrogens is 284 g/mol. The van der Waals surface area contributed by atoms with Crippen LogP contribution in [0.15, 0.2) is 24.3 Å². The lowest BCUT2D eigenvalue weighted by Gasteiger charge is -2.34. The van der Waals surface area contributed by atoms with E-state index in [1.165, 1.54) is 22.6 Å². The predicted octanol–water partition coefficient (Wildman–Crippen LogP) is 3.63. The Hall–Kier alpha value is -0.160. The van der Waals surface area contributed by atoms with Crippen molar-refractivity contribution in [3.63, 3.8) is 0 Å². The molecule has 20 heavy (non-hydrogen) atoms. The Kier molecular flexibility index (Phi) is 6.27. The number of nitrogens with two attached hydrogens (primary N) is 1. The topological polar surface area (TPSA) is 38.0 Å². The van der Waals surface area contributed by atoms with Crippen LogP contribution in [0.4, 0.5) is 0 Å². The summed E-state index contributed by atoms with van der Waals surface area (Å²) in [6, 6.07) is 9.18. The highest BCUT2D eigenvalue weighted by molar-refractivity contribution is 8.07. The second kappa shape index (κ2) is 7.74. The first-order valence-electron chi connectivity index (χ1n) is 7.40. The van der Waals surface area contributed by atoms with E-state index in [0.717, 1.165) is 6.42 Å². The van der Waals surface area contributed by atoms with E-state index in [4.69, 9.17) is 5.84 Å². The third-order valence-corrected chi connectivity index (χ3v) is 6.89. The van der Waals surface area contributed by atoms with Gasteiger partial charge >= 0.3 is 0 Å². The quantitative estimate of drug-likeness (QED) is 0.643. The number of nitrogens with one attached hydrogen (secondary N) is 1. The highest BCUT2D eigenvalue weighted by atomic mass is 32.2. The molecule has 1 aromatic rings. The first-order valence-corrected chi connectivity index (χ1v) is 9.49. The van der Waals surface area contributed by atoms with Gasteiger partial charge in [0.15, 0.2) is 0 Å². The highest BCUT2D eigenvalue weighted by Crippen LogP contribution is 2.38. The summed E-state index contributed by atoms with van der Waals surface area (Å²) < 4.78 is 0. The van der Waals surface area contributed by atoms with Crippen LogP contribution < -0.4 is 11.3 Å². The number of benzene rings is 1. The summed E-state index contributed by atoms with van der Waals surface area (Å²) >= 11 is 4.12. The summed E-state index contributed by atoms with van der Waals surface area (Å²) in [4.78, 5) is 0. The van der Waals surface area contributed by atoms with Crippen molar-refractivity contribution in [1.82, 2.24) is 5.43 Å². The average molecular weight is 311 g/mol. The summed E-state index contributed by atoms with van der Waals surface area (Å²) in [5.74, 6) is 9.05. The van der Waals surface area contributed by atoms with Crippen LogP contribution in [0.25, 0.3) is 0 Å². The second-order valence-corrected chi connectivity index (χ2v) is 8.67. The third-order valence-electron chi connectivity index (χ3n) is 3.70. The molecule has 2 nitrogen and oxygen atoms in total. The molecule has 1 saturated heterocycles. The van der Waals surface area contributed by atoms with Crippen molar-refractivity contribution in [3.8, 4) is 0 Å². The first-order chi connectivity index (χ1) is 9.61. The fourth-order valence-electron chi connectivity index (χ4n) is 2.78. The summed E-state index contributed by atoms with van der Waals surface area (Å²) in [7, 11) is 0. The van der Waals surface area contributed by atoms with Crippen molar-refractivity contribution in [1.29, 1.82) is 0 Å². The third kappa shape index (κ3) is 4.17. The lowest BCUT2D eigenvalue weighted by atomic mass is 9.96. The van der Waals surface area contributed by atoms with Crippen LogP contribution >= 0.6 is 23.5 Å². The van der Waals surface area contributed by atoms with E-state index < -0.39 is 0 Å². The molecule has 0 spiro atoms. The van der Waals surface area contributed by atoms with Gasteiger partial charge in [-0.2, -0.15) is 23.5 Å². The Labute approximate surface area is 131 Å². The summed E-state index contributed by atoms with van der Waals surface area (Å²) in [5, 5.41) is 1.19. The van der Waals surface area contributed by atoms with Crippen LogP contribution in [0.2, 0.25) is 0 Å². The second-order valence-electron chi connectivity index (χ2n) is 5.90. The van der Waals surface area contributed by atoms with Crippen molar-refractivity contribution < 1.29 is 0 Å². The zero-order valence-electron chi connectivity index (χ0n) is 12.6. The lowest BCUT2D eigenvalue weighted by molar-refractivity contribution is 0.526. The first kappa shape index (κ1) is 16.2. The van der Waals surface area contributed by atoms with E-state index >= 15 is 0 Å². The summed E-state index contributed by atoms with van der Waals surface area (Å²) in [6.45, 7) is 6.85. The van der Waals surface area contributed by atoms with Gasteiger partial charge in [-0.05, 0) is 23.5 Å². The molecule has 3 N–H and O–H groups in total. The van der Waals surface area contributed by atoms with Gasteiger partial charge in [-0.25, -0.2) is 0 Å². The van der Waals surface area contributed by atoms with Crippen molar-refractivity contribution in [2.24, 2.45) is 11.8 Å². The van der Waals surface area contributed by atoms with Crippen molar-refractivity contribution in [2.75, 3.05) is 11.5 Å². The maximum atomic E-state index is 5.88. The van der Waals surface area contributed by atoms with Crippen LogP contribution in [0.3, 0.4) is 0 Å². The molecule has 3 unspecified atom stereocenters. The maximum absolute atomic E-state index is 5.88. The smallest absolute Gasteiger partial charge is 0.0589 e. The standard InChI is InChI=1S/C16H26N2S2/c1-11(2)9-13-5-4-6-14(10-13)15(18-17)16-12(3)19-7-8-20-16/h4-6,10-12,15-16,18H,7-9,17H2,1-3H3. The van der Waals surface area contributed by atoms with Gasteiger partial charge in [0.25, 0.3) is 0 Å². The minimum atomic E-state index is 0.245. The maximum Gasteiger partial charge on any atom is 0.0589 e. The van der Waals surface area contributed by atoms with Gasteiger partial charge < -0.3 is 0 Å². The largest absolute Gasteiger partial charge is 0.271 e. The molecule has 4 heteroatoms. The van der Waals surface area contributed by atoms with E-state index in [-0.39, 0.29) is 6.04 Å². The monoisotopic (exact) mass is 310 g/mol. The lowest BCUT2D eigenvalue weighted by Crippen LogP contribution is -2.41. The molecule has 112 valence electrons. The Bertz CT molecular complexity index is 423. The van der Waals surface area contributed by atoms with Crippen LogP contribution in [0.1, 0.15) is 37.9 Å².